The number of rotatable bonds is 4. The highest BCUT2D eigenvalue weighted by Gasteiger charge is 2.04. The third-order valence-corrected chi connectivity index (χ3v) is 2.92. The molecule has 0 aliphatic carbocycles. The van der Waals surface area contributed by atoms with Crippen LogP contribution in [0.2, 0.25) is 0 Å². The molecule has 13 heavy (non-hydrogen) atoms. The highest BCUT2D eigenvalue weighted by atomic mass is 35.5. The molecule has 0 aliphatic heterocycles. The first-order valence-electron chi connectivity index (χ1n) is 3.41. The van der Waals surface area contributed by atoms with Gasteiger partial charge in [0.05, 0.1) is 10.8 Å². The summed E-state index contributed by atoms with van der Waals surface area (Å²) >= 11 is 1.49. The lowest BCUT2D eigenvalue weighted by atomic mass is 10.3. The van der Waals surface area contributed by atoms with Crippen LogP contribution in [0.4, 0.5) is 0 Å². The fraction of sp³-hybridized carbons (Fsp3) is 0.500. The second kappa shape index (κ2) is 5.54. The van der Waals surface area contributed by atoms with E-state index < -0.39 is 10.1 Å². The van der Waals surface area contributed by atoms with Gasteiger partial charge in [0.25, 0.3) is 10.1 Å². The molecule has 0 radical (unpaired) electrons. The minimum atomic E-state index is -3.80. The monoisotopic (exact) mass is 243 g/mol. The third kappa shape index (κ3) is 5.98. The van der Waals surface area contributed by atoms with Crippen LogP contribution in [-0.4, -0.2) is 23.7 Å². The minimum Gasteiger partial charge on any atom is -0.286 e. The van der Waals surface area contributed by atoms with Crippen molar-refractivity contribution >= 4 is 33.9 Å². The van der Waals surface area contributed by atoms with Crippen molar-refractivity contribution in [1.29, 1.82) is 0 Å². The molecular formula is C6H10ClNO3S2. The molecule has 0 fully saturated rings. The van der Waals surface area contributed by atoms with E-state index in [1.807, 2.05) is 5.38 Å². The van der Waals surface area contributed by atoms with E-state index in [0.717, 1.165) is 5.01 Å². The Morgan fingerprint density at radius 3 is 2.69 bits per heavy atom. The van der Waals surface area contributed by atoms with Crippen LogP contribution >= 0.6 is 23.7 Å². The number of aromatic nitrogens is 1. The smallest absolute Gasteiger partial charge is 0.264 e. The van der Waals surface area contributed by atoms with E-state index in [-0.39, 0.29) is 18.2 Å². The average Bonchev–Trinajstić information content (AvgIpc) is 2.36. The van der Waals surface area contributed by atoms with E-state index in [2.05, 4.69) is 4.98 Å². The van der Waals surface area contributed by atoms with Crippen LogP contribution < -0.4 is 0 Å². The van der Waals surface area contributed by atoms with Gasteiger partial charge < -0.3 is 0 Å². The van der Waals surface area contributed by atoms with Crippen molar-refractivity contribution in [2.24, 2.45) is 0 Å². The van der Waals surface area contributed by atoms with Gasteiger partial charge in [-0.3, -0.25) is 4.55 Å². The van der Waals surface area contributed by atoms with Crippen molar-refractivity contribution < 1.29 is 13.0 Å². The van der Waals surface area contributed by atoms with Crippen LogP contribution in [0.15, 0.2) is 11.6 Å². The van der Waals surface area contributed by atoms with E-state index in [1.165, 1.54) is 11.3 Å². The Morgan fingerprint density at radius 1 is 1.54 bits per heavy atom. The molecule has 76 valence electrons. The average molecular weight is 244 g/mol. The SMILES string of the molecule is Cl.O=S(=O)(O)CCCc1nccs1. The molecule has 1 aromatic rings. The molecule has 1 aromatic heterocycles. The van der Waals surface area contributed by atoms with Crippen LogP contribution in [0.25, 0.3) is 0 Å². The molecule has 0 bridgehead atoms. The summed E-state index contributed by atoms with van der Waals surface area (Å²) in [5, 5.41) is 2.74. The summed E-state index contributed by atoms with van der Waals surface area (Å²) < 4.78 is 29.0. The van der Waals surface area contributed by atoms with Crippen LogP contribution in [0.1, 0.15) is 11.4 Å². The minimum absolute atomic E-state index is 0. The summed E-state index contributed by atoms with van der Waals surface area (Å²) in [5.74, 6) is -0.188. The topological polar surface area (TPSA) is 67.3 Å². The van der Waals surface area contributed by atoms with Gasteiger partial charge in [-0.1, -0.05) is 0 Å². The molecule has 0 aromatic carbocycles. The highest BCUT2D eigenvalue weighted by molar-refractivity contribution is 7.85. The quantitative estimate of drug-likeness (QED) is 0.812. The second-order valence-electron chi connectivity index (χ2n) is 2.32. The van der Waals surface area contributed by atoms with Crippen molar-refractivity contribution in [2.45, 2.75) is 12.8 Å². The molecule has 1 rings (SSSR count). The lowest BCUT2D eigenvalue weighted by Crippen LogP contribution is -2.04. The standard InChI is InChI=1S/C6H9NO3S2.ClH/c8-12(9,10)5-1-2-6-7-3-4-11-6;/h3-4H,1-2,5H2,(H,8,9,10);1H. The first kappa shape index (κ1) is 12.8. The number of thiazole rings is 1. The first-order valence-corrected chi connectivity index (χ1v) is 5.90. The zero-order chi connectivity index (χ0) is 9.03. The molecule has 0 aliphatic rings. The summed E-state index contributed by atoms with van der Waals surface area (Å²) in [4.78, 5) is 3.98. The van der Waals surface area contributed by atoms with Crippen LogP contribution in [0, 0.1) is 0 Å². The second-order valence-corrected chi connectivity index (χ2v) is 4.87. The van der Waals surface area contributed by atoms with E-state index in [1.54, 1.807) is 6.20 Å². The van der Waals surface area contributed by atoms with Gasteiger partial charge >= 0.3 is 0 Å². The predicted octanol–water partition coefficient (Wildman–Crippen LogP) is 1.39. The number of aryl methyl sites for hydroxylation is 1. The summed E-state index contributed by atoms with van der Waals surface area (Å²) in [7, 11) is -3.80. The van der Waals surface area contributed by atoms with Crippen molar-refractivity contribution in [1.82, 2.24) is 4.98 Å². The first-order chi connectivity index (χ1) is 5.58. The molecule has 0 atom stereocenters. The van der Waals surface area contributed by atoms with Crippen molar-refractivity contribution in [3.05, 3.63) is 16.6 Å². The summed E-state index contributed by atoms with van der Waals surface area (Å²) in [6, 6.07) is 0. The lowest BCUT2D eigenvalue weighted by molar-refractivity contribution is 0.481. The molecule has 7 heteroatoms. The normalized spacial score (nSPS) is 10.8. The Labute approximate surface area is 87.2 Å². The van der Waals surface area contributed by atoms with Gasteiger partial charge in [-0.15, -0.1) is 23.7 Å². The van der Waals surface area contributed by atoms with Gasteiger partial charge in [0.15, 0.2) is 0 Å². The Balaban J connectivity index is 0.00000144. The number of hydrogen-bond donors (Lipinski definition) is 1. The van der Waals surface area contributed by atoms with Gasteiger partial charge in [0.1, 0.15) is 0 Å². The summed E-state index contributed by atoms with van der Waals surface area (Å²) in [6.45, 7) is 0. The lowest BCUT2D eigenvalue weighted by Gasteiger charge is -1.94. The molecule has 0 amide bonds. The molecule has 1 N–H and O–H groups in total. The summed E-state index contributed by atoms with van der Waals surface area (Å²) in [5.41, 5.74) is 0. The molecular weight excluding hydrogens is 234 g/mol. The van der Waals surface area contributed by atoms with Gasteiger partial charge in [-0.05, 0) is 6.42 Å². The van der Waals surface area contributed by atoms with E-state index in [4.69, 9.17) is 4.55 Å². The molecule has 0 unspecified atom stereocenters. The number of halogens is 1. The fourth-order valence-corrected chi connectivity index (χ4v) is 1.95. The molecule has 0 spiro atoms. The molecule has 0 saturated carbocycles. The molecule has 1 heterocycles. The Kier molecular flexibility index (Phi) is 5.46. The van der Waals surface area contributed by atoms with Crippen LogP contribution in [0.3, 0.4) is 0 Å². The largest absolute Gasteiger partial charge is 0.286 e. The Hall–Kier alpha value is -0.170. The highest BCUT2D eigenvalue weighted by Crippen LogP contribution is 2.07. The van der Waals surface area contributed by atoms with Crippen molar-refractivity contribution in [3.63, 3.8) is 0 Å². The van der Waals surface area contributed by atoms with Gasteiger partial charge in [-0.2, -0.15) is 8.42 Å². The Bertz CT molecular complexity index is 322. The van der Waals surface area contributed by atoms with Gasteiger partial charge in [0, 0.05) is 18.0 Å². The predicted molar refractivity (Wildman–Crippen MR) is 54.1 cm³/mol. The van der Waals surface area contributed by atoms with Gasteiger partial charge in [-0.25, -0.2) is 4.98 Å². The van der Waals surface area contributed by atoms with Crippen molar-refractivity contribution in [2.75, 3.05) is 5.75 Å². The van der Waals surface area contributed by atoms with Crippen LogP contribution in [0.5, 0.6) is 0 Å². The zero-order valence-corrected chi connectivity index (χ0v) is 9.16. The zero-order valence-electron chi connectivity index (χ0n) is 6.71. The van der Waals surface area contributed by atoms with Crippen LogP contribution in [-0.2, 0) is 16.5 Å². The van der Waals surface area contributed by atoms with Crippen molar-refractivity contribution in [3.8, 4) is 0 Å². The van der Waals surface area contributed by atoms with E-state index in [0.29, 0.717) is 12.8 Å². The van der Waals surface area contributed by atoms with Gasteiger partial charge in [0.2, 0.25) is 0 Å². The maximum Gasteiger partial charge on any atom is 0.264 e. The third-order valence-electron chi connectivity index (χ3n) is 1.28. The number of nitrogens with zero attached hydrogens (tertiary/aromatic N) is 1. The Morgan fingerprint density at radius 2 is 2.23 bits per heavy atom. The molecule has 4 nitrogen and oxygen atoms in total. The summed E-state index contributed by atoms with van der Waals surface area (Å²) in [6.07, 6.45) is 2.71. The maximum absolute atomic E-state index is 10.3. The number of hydrogen-bond acceptors (Lipinski definition) is 4. The fourth-order valence-electron chi connectivity index (χ4n) is 0.782. The van der Waals surface area contributed by atoms with E-state index >= 15 is 0 Å². The van der Waals surface area contributed by atoms with E-state index in [9.17, 15) is 8.42 Å². The molecule has 0 saturated heterocycles. The maximum atomic E-state index is 10.3.